The van der Waals surface area contributed by atoms with Gasteiger partial charge in [0.15, 0.2) is 0 Å². The van der Waals surface area contributed by atoms with Crippen LogP contribution in [0.1, 0.15) is 71.8 Å². The molecule has 5 nitrogen and oxygen atoms in total. The number of hydrogen-bond acceptors (Lipinski definition) is 4. The van der Waals surface area contributed by atoms with E-state index in [9.17, 15) is 4.79 Å². The molecule has 0 aliphatic carbocycles. The summed E-state index contributed by atoms with van der Waals surface area (Å²) in [6.07, 6.45) is 6.53. The summed E-state index contributed by atoms with van der Waals surface area (Å²) in [5, 5.41) is 2.95. The first kappa shape index (κ1) is 24.7. The maximum Gasteiger partial charge on any atom is 0.220 e. The molecule has 1 N–H and O–H groups in total. The van der Waals surface area contributed by atoms with Crippen LogP contribution in [0, 0.1) is 5.92 Å². The Labute approximate surface area is 183 Å². The monoisotopic (exact) mass is 418 g/mol. The summed E-state index contributed by atoms with van der Waals surface area (Å²) in [5.74, 6) is 1.67. The third-order valence-corrected chi connectivity index (χ3v) is 5.27. The molecule has 1 atom stereocenters. The van der Waals surface area contributed by atoms with E-state index in [0.29, 0.717) is 18.4 Å². The van der Waals surface area contributed by atoms with Crippen LogP contribution in [0.4, 0.5) is 0 Å². The van der Waals surface area contributed by atoms with Crippen molar-refractivity contribution in [1.82, 2.24) is 10.2 Å². The smallest absolute Gasteiger partial charge is 0.220 e. The summed E-state index contributed by atoms with van der Waals surface area (Å²) >= 11 is 0. The van der Waals surface area contributed by atoms with Crippen molar-refractivity contribution >= 4 is 5.91 Å². The van der Waals surface area contributed by atoms with Gasteiger partial charge in [-0.25, -0.2) is 0 Å². The highest BCUT2D eigenvalue weighted by molar-refractivity contribution is 5.76. The second kappa shape index (κ2) is 13.7. The topological polar surface area (TPSA) is 50.8 Å². The summed E-state index contributed by atoms with van der Waals surface area (Å²) in [6, 6.07) is 8.75. The molecular formula is C25H42N2O3. The lowest BCUT2D eigenvalue weighted by Crippen LogP contribution is -2.41. The Kier molecular flexibility index (Phi) is 11.2. The molecule has 1 fully saturated rings. The second-order valence-corrected chi connectivity index (χ2v) is 9.25. The number of benzene rings is 1. The highest BCUT2D eigenvalue weighted by Crippen LogP contribution is 2.18. The molecule has 2 rings (SSSR count). The molecule has 1 aromatic rings. The number of hydrogen-bond donors (Lipinski definition) is 1. The summed E-state index contributed by atoms with van der Waals surface area (Å²) in [6.45, 7) is 12.9. The molecule has 1 amide bonds. The lowest BCUT2D eigenvalue weighted by molar-refractivity contribution is -0.121. The standard InChI is InChI=1S/C25H42N2O3/c1-20(2)19-30-23-13-11-22(12-14-23)17-27-15-16-29-24(18-27)9-7-5-6-8-10-25(28)26-21(3)4/h11-14,20-21,24H,5-10,15-19H2,1-4H3,(H,26,28). The van der Waals surface area contributed by atoms with Gasteiger partial charge in [0, 0.05) is 32.1 Å². The largest absolute Gasteiger partial charge is 0.493 e. The van der Waals surface area contributed by atoms with Crippen LogP contribution in [-0.2, 0) is 16.1 Å². The van der Waals surface area contributed by atoms with Gasteiger partial charge in [0.05, 0.1) is 19.3 Å². The Morgan fingerprint density at radius 1 is 1.13 bits per heavy atom. The highest BCUT2D eigenvalue weighted by Gasteiger charge is 2.20. The van der Waals surface area contributed by atoms with E-state index in [1.807, 2.05) is 13.8 Å². The zero-order valence-electron chi connectivity index (χ0n) is 19.5. The van der Waals surface area contributed by atoms with E-state index in [1.165, 1.54) is 18.4 Å². The van der Waals surface area contributed by atoms with Crippen LogP contribution in [0.2, 0.25) is 0 Å². The Bertz CT molecular complexity index is 601. The van der Waals surface area contributed by atoms with Gasteiger partial charge in [0.2, 0.25) is 5.91 Å². The molecule has 0 bridgehead atoms. The molecule has 0 saturated carbocycles. The van der Waals surface area contributed by atoms with Crippen molar-refractivity contribution in [2.24, 2.45) is 5.92 Å². The van der Waals surface area contributed by atoms with Gasteiger partial charge >= 0.3 is 0 Å². The molecule has 1 aromatic carbocycles. The average molecular weight is 419 g/mol. The number of unbranched alkanes of at least 4 members (excludes halogenated alkanes) is 3. The van der Waals surface area contributed by atoms with Crippen LogP contribution in [0.3, 0.4) is 0 Å². The van der Waals surface area contributed by atoms with Crippen molar-refractivity contribution < 1.29 is 14.3 Å². The molecular weight excluding hydrogens is 376 g/mol. The fourth-order valence-corrected chi connectivity index (χ4v) is 3.72. The Hall–Kier alpha value is -1.59. The maximum absolute atomic E-state index is 11.7. The van der Waals surface area contributed by atoms with Crippen LogP contribution in [0.5, 0.6) is 5.75 Å². The number of ether oxygens (including phenoxy) is 2. The van der Waals surface area contributed by atoms with E-state index < -0.39 is 0 Å². The summed E-state index contributed by atoms with van der Waals surface area (Å²) in [5.41, 5.74) is 1.33. The fourth-order valence-electron chi connectivity index (χ4n) is 3.72. The molecule has 1 aliphatic heterocycles. The normalized spacial score (nSPS) is 17.5. The predicted molar refractivity (Wildman–Crippen MR) is 123 cm³/mol. The van der Waals surface area contributed by atoms with Gasteiger partial charge in [0.1, 0.15) is 5.75 Å². The Balaban J connectivity index is 1.60. The lowest BCUT2D eigenvalue weighted by Gasteiger charge is -2.33. The number of nitrogens with zero attached hydrogens (tertiary/aromatic N) is 1. The van der Waals surface area contributed by atoms with Gasteiger partial charge in [-0.3, -0.25) is 9.69 Å². The molecule has 0 spiro atoms. The number of morpholine rings is 1. The van der Waals surface area contributed by atoms with Gasteiger partial charge in [0.25, 0.3) is 0 Å². The lowest BCUT2D eigenvalue weighted by atomic mass is 10.1. The van der Waals surface area contributed by atoms with Crippen molar-refractivity contribution in [3.63, 3.8) is 0 Å². The van der Waals surface area contributed by atoms with Crippen molar-refractivity contribution in [3.8, 4) is 5.75 Å². The van der Waals surface area contributed by atoms with Crippen molar-refractivity contribution in [1.29, 1.82) is 0 Å². The minimum Gasteiger partial charge on any atom is -0.493 e. The molecule has 1 unspecified atom stereocenters. The van der Waals surface area contributed by atoms with Crippen LogP contribution in [-0.4, -0.2) is 49.3 Å². The number of amides is 1. The van der Waals surface area contributed by atoms with Crippen LogP contribution >= 0.6 is 0 Å². The van der Waals surface area contributed by atoms with E-state index in [1.54, 1.807) is 0 Å². The first-order chi connectivity index (χ1) is 14.4. The predicted octanol–water partition coefficient (Wildman–Crippen LogP) is 4.79. The quantitative estimate of drug-likeness (QED) is 0.468. The first-order valence-corrected chi connectivity index (χ1v) is 11.8. The zero-order valence-corrected chi connectivity index (χ0v) is 19.5. The highest BCUT2D eigenvalue weighted by atomic mass is 16.5. The third-order valence-electron chi connectivity index (χ3n) is 5.27. The molecule has 1 heterocycles. The molecule has 5 heteroatoms. The van der Waals surface area contributed by atoms with E-state index in [0.717, 1.165) is 57.9 Å². The first-order valence-electron chi connectivity index (χ1n) is 11.8. The number of nitrogens with one attached hydrogen (secondary N) is 1. The number of rotatable bonds is 13. The molecule has 30 heavy (non-hydrogen) atoms. The molecule has 0 radical (unpaired) electrons. The average Bonchev–Trinajstić information content (AvgIpc) is 2.70. The maximum atomic E-state index is 11.7. The van der Waals surface area contributed by atoms with Gasteiger partial charge < -0.3 is 14.8 Å². The molecule has 1 saturated heterocycles. The van der Waals surface area contributed by atoms with Gasteiger partial charge in [-0.15, -0.1) is 0 Å². The molecule has 0 aromatic heterocycles. The summed E-state index contributed by atoms with van der Waals surface area (Å²) < 4.78 is 11.8. The van der Waals surface area contributed by atoms with E-state index >= 15 is 0 Å². The van der Waals surface area contributed by atoms with E-state index in [4.69, 9.17) is 9.47 Å². The van der Waals surface area contributed by atoms with Crippen LogP contribution < -0.4 is 10.1 Å². The van der Waals surface area contributed by atoms with Crippen molar-refractivity contribution in [2.45, 2.75) is 84.9 Å². The molecule has 1 aliphatic rings. The zero-order chi connectivity index (χ0) is 21.8. The third kappa shape index (κ3) is 10.4. The number of carbonyl (C=O) groups is 1. The SMILES string of the molecule is CC(C)COc1ccc(CN2CCOC(CCCCCCC(=O)NC(C)C)C2)cc1. The van der Waals surface area contributed by atoms with Gasteiger partial charge in [-0.2, -0.15) is 0 Å². The van der Waals surface area contributed by atoms with Crippen molar-refractivity contribution in [2.75, 3.05) is 26.3 Å². The van der Waals surface area contributed by atoms with E-state index in [-0.39, 0.29) is 11.9 Å². The number of carbonyl (C=O) groups excluding carboxylic acids is 1. The summed E-state index contributed by atoms with van der Waals surface area (Å²) in [4.78, 5) is 14.1. The second-order valence-electron chi connectivity index (χ2n) is 9.25. The Morgan fingerprint density at radius 3 is 2.57 bits per heavy atom. The van der Waals surface area contributed by atoms with E-state index in [2.05, 4.69) is 48.3 Å². The van der Waals surface area contributed by atoms with Gasteiger partial charge in [-0.05, 0) is 50.3 Å². The fraction of sp³-hybridized carbons (Fsp3) is 0.720. The minimum atomic E-state index is 0.177. The van der Waals surface area contributed by atoms with Gasteiger partial charge in [-0.1, -0.05) is 45.2 Å². The van der Waals surface area contributed by atoms with Crippen LogP contribution in [0.25, 0.3) is 0 Å². The summed E-state index contributed by atoms with van der Waals surface area (Å²) in [7, 11) is 0. The minimum absolute atomic E-state index is 0.177. The Morgan fingerprint density at radius 2 is 1.87 bits per heavy atom. The van der Waals surface area contributed by atoms with Crippen molar-refractivity contribution in [3.05, 3.63) is 29.8 Å². The molecule has 170 valence electrons. The van der Waals surface area contributed by atoms with Crippen LogP contribution in [0.15, 0.2) is 24.3 Å².